The topological polar surface area (TPSA) is 15.3 Å². The quantitative estimate of drug-likeness (QED) is 0.225. The van der Waals surface area contributed by atoms with Gasteiger partial charge in [0.1, 0.15) is 0 Å². The summed E-state index contributed by atoms with van der Waals surface area (Å²) in [5, 5.41) is 6.60. The molecule has 1 saturated heterocycles. The van der Waals surface area contributed by atoms with Gasteiger partial charge < -0.3 is 5.32 Å². The van der Waals surface area contributed by atoms with Gasteiger partial charge in [0, 0.05) is 25.0 Å². The lowest BCUT2D eigenvalue weighted by molar-refractivity contribution is 0.148. The Morgan fingerprint density at radius 2 is 1.38 bits per heavy atom. The van der Waals surface area contributed by atoms with Crippen molar-refractivity contribution in [2.45, 2.75) is 31.8 Å². The molecule has 1 N–H and O–H groups in total. The van der Waals surface area contributed by atoms with Crippen LogP contribution < -0.4 is 5.32 Å². The number of hydrogen-bond acceptors (Lipinski definition) is 2. The maximum atomic E-state index is 3.93. The summed E-state index contributed by atoms with van der Waals surface area (Å²) in [7, 11) is 0. The maximum Gasteiger partial charge on any atom is 0.0298 e. The standard InChI is InChI=1S/C37H38N2/c1-28(35-18-10-16-32-15-8-9-17-36(32)35)38-25-34-23-24-39(27-37(34)33-13-6-3-7-14-33)26-29-19-21-31(22-20-29)30-11-4-2-5-12-30/h2-22,28,34,37-38H,23-27H2,1H3/t28-,34?,37?/m1/s1. The van der Waals surface area contributed by atoms with Gasteiger partial charge in [0.15, 0.2) is 0 Å². The first-order valence-corrected chi connectivity index (χ1v) is 14.4. The third kappa shape index (κ3) is 5.98. The van der Waals surface area contributed by atoms with Crippen molar-refractivity contribution >= 4 is 10.8 Å². The Morgan fingerprint density at radius 3 is 2.18 bits per heavy atom. The molecule has 0 bridgehead atoms. The smallest absolute Gasteiger partial charge is 0.0298 e. The van der Waals surface area contributed by atoms with Crippen LogP contribution >= 0.6 is 0 Å². The monoisotopic (exact) mass is 510 g/mol. The lowest BCUT2D eigenvalue weighted by Gasteiger charge is -2.39. The van der Waals surface area contributed by atoms with Crippen molar-refractivity contribution in [2.75, 3.05) is 19.6 Å². The summed E-state index contributed by atoms with van der Waals surface area (Å²) in [5.74, 6) is 1.14. The van der Waals surface area contributed by atoms with Crippen molar-refractivity contribution in [1.29, 1.82) is 0 Å². The molecule has 1 heterocycles. The number of benzene rings is 5. The molecule has 1 aliphatic rings. The highest BCUT2D eigenvalue weighted by Crippen LogP contribution is 2.34. The second-order valence-electron chi connectivity index (χ2n) is 11.1. The Kier molecular flexibility index (Phi) is 7.85. The molecule has 3 atom stereocenters. The summed E-state index contributed by atoms with van der Waals surface area (Å²) in [4.78, 5) is 2.65. The number of piperidine rings is 1. The first-order chi connectivity index (χ1) is 19.2. The van der Waals surface area contributed by atoms with Gasteiger partial charge in [-0.25, -0.2) is 0 Å². The van der Waals surface area contributed by atoms with Crippen LogP contribution in [0, 0.1) is 5.92 Å². The largest absolute Gasteiger partial charge is 0.310 e. The average molecular weight is 511 g/mol. The predicted octanol–water partition coefficient (Wildman–Crippen LogP) is 8.46. The fraction of sp³-hybridized carbons (Fsp3) is 0.243. The first kappa shape index (κ1) is 25.6. The fourth-order valence-electron chi connectivity index (χ4n) is 6.29. The van der Waals surface area contributed by atoms with E-state index in [1.807, 2.05) is 0 Å². The molecule has 2 heteroatoms. The highest BCUT2D eigenvalue weighted by Gasteiger charge is 2.30. The minimum Gasteiger partial charge on any atom is -0.310 e. The van der Waals surface area contributed by atoms with E-state index in [4.69, 9.17) is 0 Å². The van der Waals surface area contributed by atoms with Crippen molar-refractivity contribution in [2.24, 2.45) is 5.92 Å². The van der Waals surface area contributed by atoms with Crippen molar-refractivity contribution in [3.05, 3.63) is 144 Å². The minimum absolute atomic E-state index is 0.314. The molecule has 0 saturated carbocycles. The van der Waals surface area contributed by atoms with Crippen LogP contribution in [0.1, 0.15) is 42.0 Å². The van der Waals surface area contributed by atoms with E-state index in [1.165, 1.54) is 45.0 Å². The third-order valence-electron chi connectivity index (χ3n) is 8.51. The van der Waals surface area contributed by atoms with Gasteiger partial charge in [0.05, 0.1) is 0 Å². The summed E-state index contributed by atoms with van der Waals surface area (Å²) in [6.45, 7) is 6.58. The number of likely N-dealkylation sites (tertiary alicyclic amines) is 1. The van der Waals surface area contributed by atoms with Gasteiger partial charge in [-0.3, -0.25) is 4.90 Å². The summed E-state index contributed by atoms with van der Waals surface area (Å²) in [5.41, 5.74) is 6.81. The first-order valence-electron chi connectivity index (χ1n) is 14.4. The zero-order chi connectivity index (χ0) is 26.4. The maximum absolute atomic E-state index is 3.93. The van der Waals surface area contributed by atoms with Crippen LogP contribution in [0.25, 0.3) is 21.9 Å². The number of nitrogens with one attached hydrogen (secondary N) is 1. The second-order valence-corrected chi connectivity index (χ2v) is 11.1. The van der Waals surface area contributed by atoms with Gasteiger partial charge in [-0.2, -0.15) is 0 Å². The predicted molar refractivity (Wildman–Crippen MR) is 165 cm³/mol. The Bertz CT molecular complexity index is 1470. The van der Waals surface area contributed by atoms with Crippen molar-refractivity contribution in [3.63, 3.8) is 0 Å². The van der Waals surface area contributed by atoms with Gasteiger partial charge in [0.2, 0.25) is 0 Å². The molecular formula is C37H38N2. The number of fused-ring (bicyclic) bond motifs is 1. The molecule has 0 aromatic heterocycles. The molecular weight excluding hydrogens is 472 g/mol. The van der Waals surface area contributed by atoms with Crippen LogP contribution in [0.2, 0.25) is 0 Å². The van der Waals surface area contributed by atoms with Gasteiger partial charge >= 0.3 is 0 Å². The lowest BCUT2D eigenvalue weighted by Crippen LogP contribution is -2.42. The molecule has 1 fully saturated rings. The van der Waals surface area contributed by atoms with E-state index in [-0.39, 0.29) is 0 Å². The molecule has 0 radical (unpaired) electrons. The van der Waals surface area contributed by atoms with Crippen LogP contribution in [0.3, 0.4) is 0 Å². The van der Waals surface area contributed by atoms with Crippen LogP contribution in [0.4, 0.5) is 0 Å². The summed E-state index contributed by atoms with van der Waals surface area (Å²) in [6, 6.07) is 46.7. The highest BCUT2D eigenvalue weighted by molar-refractivity contribution is 5.86. The van der Waals surface area contributed by atoms with Gasteiger partial charge in [-0.1, -0.05) is 127 Å². The van der Waals surface area contributed by atoms with Crippen LogP contribution in [0.5, 0.6) is 0 Å². The zero-order valence-corrected chi connectivity index (χ0v) is 22.8. The molecule has 6 rings (SSSR count). The second kappa shape index (κ2) is 12.0. The van der Waals surface area contributed by atoms with Crippen LogP contribution in [-0.2, 0) is 6.54 Å². The molecule has 0 amide bonds. The summed E-state index contributed by atoms with van der Waals surface area (Å²) in [6.07, 6.45) is 1.21. The molecule has 196 valence electrons. The zero-order valence-electron chi connectivity index (χ0n) is 22.8. The van der Waals surface area contributed by atoms with E-state index in [1.54, 1.807) is 0 Å². The lowest BCUT2D eigenvalue weighted by atomic mass is 9.80. The SMILES string of the molecule is C[C@@H](NCC1CCN(Cc2ccc(-c3ccccc3)cc2)CC1c1ccccc1)c1cccc2ccccc12. The van der Waals surface area contributed by atoms with E-state index in [0.29, 0.717) is 17.9 Å². The van der Waals surface area contributed by atoms with Crippen molar-refractivity contribution in [1.82, 2.24) is 10.2 Å². The molecule has 5 aromatic rings. The Morgan fingerprint density at radius 1 is 0.718 bits per heavy atom. The van der Waals surface area contributed by atoms with E-state index in [9.17, 15) is 0 Å². The molecule has 5 aromatic carbocycles. The Balaban J connectivity index is 1.14. The molecule has 2 nitrogen and oxygen atoms in total. The molecule has 1 aliphatic heterocycles. The van der Waals surface area contributed by atoms with Gasteiger partial charge in [0.25, 0.3) is 0 Å². The summed E-state index contributed by atoms with van der Waals surface area (Å²) < 4.78 is 0. The molecule has 39 heavy (non-hydrogen) atoms. The number of hydrogen-bond donors (Lipinski definition) is 1. The summed E-state index contributed by atoms with van der Waals surface area (Å²) >= 11 is 0. The van der Waals surface area contributed by atoms with E-state index in [0.717, 1.165) is 26.2 Å². The Labute approximate surface area is 233 Å². The van der Waals surface area contributed by atoms with Gasteiger partial charge in [-0.05, 0) is 70.9 Å². The number of rotatable bonds is 8. The van der Waals surface area contributed by atoms with Gasteiger partial charge in [-0.15, -0.1) is 0 Å². The highest BCUT2D eigenvalue weighted by atomic mass is 15.1. The van der Waals surface area contributed by atoms with E-state index >= 15 is 0 Å². The molecule has 0 spiro atoms. The fourth-order valence-corrected chi connectivity index (χ4v) is 6.29. The van der Waals surface area contributed by atoms with E-state index in [2.05, 4.69) is 145 Å². The van der Waals surface area contributed by atoms with Crippen molar-refractivity contribution in [3.8, 4) is 11.1 Å². The normalized spacial score (nSPS) is 18.7. The van der Waals surface area contributed by atoms with E-state index < -0.39 is 0 Å². The average Bonchev–Trinajstić information content (AvgIpc) is 3.01. The van der Waals surface area contributed by atoms with Crippen LogP contribution in [0.15, 0.2) is 127 Å². The molecule has 2 unspecified atom stereocenters. The third-order valence-corrected chi connectivity index (χ3v) is 8.51. The minimum atomic E-state index is 0.314. The molecule has 0 aliphatic carbocycles. The van der Waals surface area contributed by atoms with Crippen LogP contribution in [-0.4, -0.2) is 24.5 Å². The Hall–Kier alpha value is -3.72. The number of nitrogens with zero attached hydrogens (tertiary/aromatic N) is 1. The van der Waals surface area contributed by atoms with Crippen molar-refractivity contribution < 1.29 is 0 Å².